The quantitative estimate of drug-likeness (QED) is 0.0555. The molecule has 0 atom stereocenters. The lowest BCUT2D eigenvalue weighted by atomic mass is 10.0. The summed E-state index contributed by atoms with van der Waals surface area (Å²) in [7, 11) is -0.516. The molecule has 0 spiro atoms. The number of benzene rings is 3. The van der Waals surface area contributed by atoms with Crippen molar-refractivity contribution in [2.75, 3.05) is 0 Å². The second kappa shape index (κ2) is 26.2. The second-order valence-corrected chi connectivity index (χ2v) is 15.7. The first-order valence-electron chi connectivity index (χ1n) is 19.4. The predicted molar refractivity (Wildman–Crippen MR) is 205 cm³/mol. The summed E-state index contributed by atoms with van der Waals surface area (Å²) >= 11 is 0. The summed E-state index contributed by atoms with van der Waals surface area (Å²) < 4.78 is 0. The molecule has 45 heavy (non-hydrogen) atoms. The average Bonchev–Trinajstić information content (AvgIpc) is 3.08. The van der Waals surface area contributed by atoms with Gasteiger partial charge in [0.2, 0.25) is 0 Å². The summed E-state index contributed by atoms with van der Waals surface area (Å²) in [5.74, 6) is 0. The Hall–Kier alpha value is -1.91. The summed E-state index contributed by atoms with van der Waals surface area (Å²) in [5.41, 5.74) is 1.55. The molecule has 0 aromatic heterocycles. The SMILES string of the molecule is CCCCCCCCCCCCCCCCCCCCCCCCCCc1ccccc1P(c1ccccc1)c1ccccc1. The fourth-order valence-electron chi connectivity index (χ4n) is 6.80. The maximum absolute atomic E-state index is 2.39. The molecule has 3 rings (SSSR count). The first kappa shape index (κ1) is 37.5. The minimum atomic E-state index is -0.516. The van der Waals surface area contributed by atoms with E-state index in [0.717, 1.165) is 0 Å². The van der Waals surface area contributed by atoms with Crippen LogP contribution in [0.15, 0.2) is 84.9 Å². The highest BCUT2D eigenvalue weighted by Gasteiger charge is 2.18. The zero-order valence-electron chi connectivity index (χ0n) is 29.2. The van der Waals surface area contributed by atoms with Crippen molar-refractivity contribution in [3.05, 3.63) is 90.5 Å². The van der Waals surface area contributed by atoms with Crippen molar-refractivity contribution in [2.24, 2.45) is 0 Å². The molecule has 0 heterocycles. The standard InChI is InChI=1S/C44H67P/c1-2-3-4-5-6-7-8-9-10-11-12-13-14-15-16-17-18-19-20-21-22-23-24-27-34-41-35-32-33-40-44(41)45(42-36-28-25-29-37-42)43-38-30-26-31-39-43/h25-26,28-33,35-40H,2-24,27,34H2,1H3. The molecule has 0 amide bonds. The van der Waals surface area contributed by atoms with E-state index in [9.17, 15) is 0 Å². The van der Waals surface area contributed by atoms with Gasteiger partial charge in [0.25, 0.3) is 0 Å². The van der Waals surface area contributed by atoms with Crippen molar-refractivity contribution in [1.82, 2.24) is 0 Å². The Morgan fingerprint density at radius 3 is 1.02 bits per heavy atom. The van der Waals surface area contributed by atoms with Gasteiger partial charge in [-0.1, -0.05) is 240 Å². The predicted octanol–water partition coefficient (Wildman–Crippen LogP) is 13.4. The van der Waals surface area contributed by atoms with E-state index in [2.05, 4.69) is 91.9 Å². The maximum Gasteiger partial charge on any atom is -0.0119 e. The third-order valence-corrected chi connectivity index (χ3v) is 12.1. The molecule has 3 aromatic rings. The highest BCUT2D eigenvalue weighted by atomic mass is 31.1. The lowest BCUT2D eigenvalue weighted by Crippen LogP contribution is -2.23. The Morgan fingerprint density at radius 2 is 0.644 bits per heavy atom. The molecular formula is C44H67P. The van der Waals surface area contributed by atoms with E-state index in [1.807, 2.05) is 0 Å². The van der Waals surface area contributed by atoms with Crippen molar-refractivity contribution < 1.29 is 0 Å². The van der Waals surface area contributed by atoms with Gasteiger partial charge in [-0.2, -0.15) is 0 Å². The second-order valence-electron chi connectivity index (χ2n) is 13.5. The van der Waals surface area contributed by atoms with Gasteiger partial charge in [0.15, 0.2) is 0 Å². The van der Waals surface area contributed by atoms with Gasteiger partial charge in [-0.15, -0.1) is 0 Å². The molecule has 0 fully saturated rings. The Balaban J connectivity index is 1.15. The molecule has 0 aliphatic carbocycles. The molecule has 0 nitrogen and oxygen atoms in total. The zero-order valence-corrected chi connectivity index (χ0v) is 30.1. The van der Waals surface area contributed by atoms with Gasteiger partial charge in [0.05, 0.1) is 0 Å². The number of aryl methyl sites for hydroxylation is 1. The number of rotatable bonds is 28. The first-order chi connectivity index (χ1) is 22.4. The maximum atomic E-state index is 2.39. The fourth-order valence-corrected chi connectivity index (χ4v) is 9.30. The Bertz CT molecular complexity index is 1020. The van der Waals surface area contributed by atoms with E-state index in [1.165, 1.54) is 171 Å². The van der Waals surface area contributed by atoms with Crippen LogP contribution in [-0.4, -0.2) is 0 Å². The van der Waals surface area contributed by atoms with Crippen molar-refractivity contribution in [1.29, 1.82) is 0 Å². The largest absolute Gasteiger partial charge is 0.0654 e. The molecule has 0 saturated carbocycles. The van der Waals surface area contributed by atoms with Crippen LogP contribution in [0.5, 0.6) is 0 Å². The van der Waals surface area contributed by atoms with Crippen LogP contribution in [0.25, 0.3) is 0 Å². The van der Waals surface area contributed by atoms with Crippen molar-refractivity contribution in [3.63, 3.8) is 0 Å². The fraction of sp³-hybridized carbons (Fsp3) is 0.591. The third kappa shape index (κ3) is 17.0. The molecular weight excluding hydrogens is 559 g/mol. The monoisotopic (exact) mass is 626 g/mol. The summed E-state index contributed by atoms with van der Waals surface area (Å²) in [4.78, 5) is 0. The molecule has 0 radical (unpaired) electrons. The Labute approximate surface area is 281 Å². The molecule has 0 unspecified atom stereocenters. The van der Waals surface area contributed by atoms with Crippen LogP contribution in [0, 0.1) is 0 Å². The van der Waals surface area contributed by atoms with Gasteiger partial charge in [0, 0.05) is 0 Å². The lowest BCUT2D eigenvalue weighted by molar-refractivity contribution is 0.517. The Morgan fingerprint density at radius 1 is 0.333 bits per heavy atom. The molecule has 0 aliphatic rings. The number of unbranched alkanes of at least 4 members (excludes halogenated alkanes) is 23. The molecule has 1 heteroatoms. The molecule has 3 aromatic carbocycles. The lowest BCUT2D eigenvalue weighted by Gasteiger charge is -2.22. The van der Waals surface area contributed by atoms with Crippen LogP contribution >= 0.6 is 7.92 Å². The van der Waals surface area contributed by atoms with Crippen LogP contribution in [0.3, 0.4) is 0 Å². The van der Waals surface area contributed by atoms with Crippen LogP contribution < -0.4 is 15.9 Å². The van der Waals surface area contributed by atoms with Crippen LogP contribution in [-0.2, 0) is 6.42 Å². The molecule has 248 valence electrons. The average molecular weight is 627 g/mol. The highest BCUT2D eigenvalue weighted by molar-refractivity contribution is 7.79. The highest BCUT2D eigenvalue weighted by Crippen LogP contribution is 2.34. The molecule has 0 bridgehead atoms. The summed E-state index contributed by atoms with van der Waals surface area (Å²) in [5, 5.41) is 4.44. The van der Waals surface area contributed by atoms with E-state index in [0.29, 0.717) is 0 Å². The van der Waals surface area contributed by atoms with Gasteiger partial charge in [-0.05, 0) is 42.2 Å². The smallest absolute Gasteiger partial charge is 0.0119 e. The van der Waals surface area contributed by atoms with Gasteiger partial charge >= 0.3 is 0 Å². The topological polar surface area (TPSA) is 0 Å². The normalized spacial score (nSPS) is 11.4. The number of hydrogen-bond acceptors (Lipinski definition) is 0. The van der Waals surface area contributed by atoms with Gasteiger partial charge in [-0.3, -0.25) is 0 Å². The van der Waals surface area contributed by atoms with Crippen LogP contribution in [0.1, 0.15) is 167 Å². The van der Waals surface area contributed by atoms with Crippen LogP contribution in [0.4, 0.5) is 0 Å². The number of hydrogen-bond donors (Lipinski definition) is 0. The van der Waals surface area contributed by atoms with Gasteiger partial charge < -0.3 is 0 Å². The summed E-state index contributed by atoms with van der Waals surface area (Å²) in [6.45, 7) is 2.31. The molecule has 0 saturated heterocycles. The summed E-state index contributed by atoms with van der Waals surface area (Å²) in [6, 6.07) is 31.5. The first-order valence-corrected chi connectivity index (χ1v) is 20.7. The van der Waals surface area contributed by atoms with Crippen molar-refractivity contribution >= 4 is 23.8 Å². The van der Waals surface area contributed by atoms with Gasteiger partial charge in [-0.25, -0.2) is 0 Å². The summed E-state index contributed by atoms with van der Waals surface area (Å²) in [6.07, 6.45) is 35.9. The molecule has 0 N–H and O–H groups in total. The van der Waals surface area contributed by atoms with Crippen molar-refractivity contribution in [2.45, 2.75) is 167 Å². The van der Waals surface area contributed by atoms with Gasteiger partial charge in [0.1, 0.15) is 0 Å². The minimum Gasteiger partial charge on any atom is -0.0654 e. The van der Waals surface area contributed by atoms with E-state index in [4.69, 9.17) is 0 Å². The third-order valence-electron chi connectivity index (χ3n) is 9.56. The van der Waals surface area contributed by atoms with E-state index >= 15 is 0 Å². The zero-order chi connectivity index (χ0) is 31.5. The van der Waals surface area contributed by atoms with E-state index in [1.54, 1.807) is 10.9 Å². The van der Waals surface area contributed by atoms with E-state index < -0.39 is 7.92 Å². The molecule has 0 aliphatic heterocycles. The van der Waals surface area contributed by atoms with E-state index in [-0.39, 0.29) is 0 Å². The Kier molecular flexibility index (Phi) is 21.9. The van der Waals surface area contributed by atoms with Crippen molar-refractivity contribution in [3.8, 4) is 0 Å². The minimum absolute atomic E-state index is 0.516. The van der Waals surface area contributed by atoms with Crippen LogP contribution in [0.2, 0.25) is 0 Å².